The second-order valence-corrected chi connectivity index (χ2v) is 5.14. The summed E-state index contributed by atoms with van der Waals surface area (Å²) in [5.41, 5.74) is 8.14. The van der Waals surface area contributed by atoms with Crippen molar-refractivity contribution < 1.29 is 14.3 Å². The number of halogens is 1. The number of hydrogen-bond donors (Lipinski definition) is 2. The predicted molar refractivity (Wildman–Crippen MR) is 70.6 cm³/mol. The highest BCUT2D eigenvalue weighted by molar-refractivity contribution is 7.18. The van der Waals surface area contributed by atoms with E-state index in [2.05, 4.69) is 0 Å². The Morgan fingerprint density at radius 3 is 2.50 bits per heavy atom. The minimum atomic E-state index is -1.06. The summed E-state index contributed by atoms with van der Waals surface area (Å²) in [6.07, 6.45) is 0. The Morgan fingerprint density at radius 1 is 1.33 bits per heavy atom. The van der Waals surface area contributed by atoms with Crippen LogP contribution >= 0.6 is 11.3 Å². The monoisotopic (exact) mass is 265 g/mol. The number of aromatic carboxylic acids is 1. The molecule has 1 aromatic heterocycles. The molecule has 18 heavy (non-hydrogen) atoms. The van der Waals surface area contributed by atoms with Gasteiger partial charge in [0.25, 0.3) is 0 Å². The molecule has 94 valence electrons. The number of benzene rings is 1. The largest absolute Gasteiger partial charge is 0.477 e. The van der Waals surface area contributed by atoms with Gasteiger partial charge in [-0.2, -0.15) is 0 Å². The van der Waals surface area contributed by atoms with Crippen LogP contribution < -0.4 is 5.73 Å². The molecule has 5 heteroatoms. The first-order valence-corrected chi connectivity index (χ1v) is 6.11. The van der Waals surface area contributed by atoms with Crippen molar-refractivity contribution in [3.05, 3.63) is 40.0 Å². The van der Waals surface area contributed by atoms with Crippen molar-refractivity contribution >= 4 is 23.0 Å². The third-order valence-corrected chi connectivity index (χ3v) is 4.04. The summed E-state index contributed by atoms with van der Waals surface area (Å²) in [4.78, 5) is 11.8. The molecule has 3 nitrogen and oxygen atoms in total. The van der Waals surface area contributed by atoms with E-state index in [4.69, 9.17) is 10.8 Å². The van der Waals surface area contributed by atoms with E-state index in [1.54, 1.807) is 13.8 Å². The third kappa shape index (κ3) is 2.09. The Morgan fingerprint density at radius 2 is 2.00 bits per heavy atom. The summed E-state index contributed by atoms with van der Waals surface area (Å²) in [6.45, 7) is 3.53. The van der Waals surface area contributed by atoms with Crippen LogP contribution in [0, 0.1) is 19.7 Å². The molecule has 0 unspecified atom stereocenters. The molecule has 0 spiro atoms. The predicted octanol–water partition coefficient (Wildman–Crippen LogP) is 3.45. The van der Waals surface area contributed by atoms with Crippen LogP contribution in [0.15, 0.2) is 18.2 Å². The van der Waals surface area contributed by atoms with Crippen LogP contribution in [0.5, 0.6) is 0 Å². The normalized spacial score (nSPS) is 10.6. The average Bonchev–Trinajstić information content (AvgIpc) is 2.55. The lowest BCUT2D eigenvalue weighted by Gasteiger charge is -2.02. The van der Waals surface area contributed by atoms with Gasteiger partial charge in [0.2, 0.25) is 0 Å². The number of hydrogen-bond acceptors (Lipinski definition) is 3. The molecule has 0 amide bonds. The summed E-state index contributed by atoms with van der Waals surface area (Å²) >= 11 is 1.07. The van der Waals surface area contributed by atoms with Crippen molar-refractivity contribution in [2.24, 2.45) is 0 Å². The number of nitrogens with two attached hydrogens (primary N) is 1. The van der Waals surface area contributed by atoms with Crippen LogP contribution in [0.1, 0.15) is 20.8 Å². The molecule has 0 radical (unpaired) electrons. The van der Waals surface area contributed by atoms with Crippen LogP contribution in [0.2, 0.25) is 0 Å². The number of anilines is 1. The Bertz CT molecular complexity index is 614. The quantitative estimate of drug-likeness (QED) is 0.874. The van der Waals surface area contributed by atoms with E-state index in [9.17, 15) is 9.18 Å². The average molecular weight is 265 g/mol. The van der Waals surface area contributed by atoms with E-state index in [0.717, 1.165) is 16.9 Å². The van der Waals surface area contributed by atoms with E-state index in [1.807, 2.05) is 6.07 Å². The highest BCUT2D eigenvalue weighted by Crippen LogP contribution is 2.38. The standard InChI is InChI=1S/C13H12FNO2S/c1-6-3-8(5-9(14)4-6)11-7(2)10(15)12(18-11)13(16)17/h3-5H,15H2,1-2H3,(H,16,17). The van der Waals surface area contributed by atoms with Crippen molar-refractivity contribution in [3.63, 3.8) is 0 Å². The molecule has 0 saturated heterocycles. The van der Waals surface area contributed by atoms with Crippen molar-refractivity contribution in [1.29, 1.82) is 0 Å². The smallest absolute Gasteiger partial charge is 0.348 e. The second kappa shape index (κ2) is 4.42. The summed E-state index contributed by atoms with van der Waals surface area (Å²) in [5, 5.41) is 9.02. The molecule has 0 bridgehead atoms. The van der Waals surface area contributed by atoms with Gasteiger partial charge in [0.05, 0.1) is 5.69 Å². The number of aryl methyl sites for hydroxylation is 1. The summed E-state index contributed by atoms with van der Waals surface area (Å²) in [6, 6.07) is 4.62. The highest BCUT2D eigenvalue weighted by atomic mass is 32.1. The molecule has 3 N–H and O–H groups in total. The molecule has 0 aliphatic heterocycles. The van der Waals surface area contributed by atoms with Crippen LogP contribution in [0.3, 0.4) is 0 Å². The molecular weight excluding hydrogens is 253 g/mol. The molecule has 1 heterocycles. The van der Waals surface area contributed by atoms with Crippen molar-refractivity contribution in [3.8, 4) is 10.4 Å². The van der Waals surface area contributed by atoms with Gasteiger partial charge in [0, 0.05) is 4.88 Å². The van der Waals surface area contributed by atoms with Crippen molar-refractivity contribution in [1.82, 2.24) is 0 Å². The van der Waals surface area contributed by atoms with Crippen molar-refractivity contribution in [2.45, 2.75) is 13.8 Å². The molecule has 0 aliphatic rings. The second-order valence-electron chi connectivity index (χ2n) is 4.12. The van der Waals surface area contributed by atoms with E-state index in [-0.39, 0.29) is 16.4 Å². The fourth-order valence-corrected chi connectivity index (χ4v) is 2.88. The lowest BCUT2D eigenvalue weighted by atomic mass is 10.1. The number of carbonyl (C=O) groups is 1. The molecule has 2 rings (SSSR count). The van der Waals surface area contributed by atoms with Gasteiger partial charge in [0.15, 0.2) is 0 Å². The van der Waals surface area contributed by atoms with Crippen LogP contribution in [0.4, 0.5) is 10.1 Å². The first-order chi connectivity index (χ1) is 8.40. The van der Waals surface area contributed by atoms with Gasteiger partial charge in [-0.3, -0.25) is 0 Å². The lowest BCUT2D eigenvalue weighted by molar-refractivity contribution is 0.0703. The highest BCUT2D eigenvalue weighted by Gasteiger charge is 2.19. The van der Waals surface area contributed by atoms with Gasteiger partial charge in [-0.05, 0) is 42.7 Å². The molecular formula is C13H12FNO2S. The summed E-state index contributed by atoms with van der Waals surface area (Å²) in [7, 11) is 0. The van der Waals surface area contributed by atoms with Crippen LogP contribution in [-0.4, -0.2) is 11.1 Å². The number of rotatable bonds is 2. The van der Waals surface area contributed by atoms with Gasteiger partial charge < -0.3 is 10.8 Å². The minimum absolute atomic E-state index is 0.101. The summed E-state index contributed by atoms with van der Waals surface area (Å²) in [5.74, 6) is -1.40. The fraction of sp³-hybridized carbons (Fsp3) is 0.154. The molecule has 0 fully saturated rings. The zero-order valence-electron chi connectivity index (χ0n) is 9.95. The molecule has 0 atom stereocenters. The maximum absolute atomic E-state index is 13.4. The van der Waals surface area contributed by atoms with E-state index >= 15 is 0 Å². The zero-order valence-corrected chi connectivity index (χ0v) is 10.8. The lowest BCUT2D eigenvalue weighted by Crippen LogP contribution is -1.97. The van der Waals surface area contributed by atoms with E-state index in [1.165, 1.54) is 12.1 Å². The Balaban J connectivity index is 2.64. The molecule has 0 saturated carbocycles. The molecule has 0 aliphatic carbocycles. The Hall–Kier alpha value is -1.88. The first-order valence-electron chi connectivity index (χ1n) is 5.30. The topological polar surface area (TPSA) is 63.3 Å². The molecule has 1 aromatic carbocycles. The number of carboxylic acid groups (broad SMARTS) is 1. The maximum atomic E-state index is 13.4. The van der Waals surface area contributed by atoms with E-state index < -0.39 is 5.97 Å². The third-order valence-electron chi connectivity index (χ3n) is 2.69. The van der Waals surface area contributed by atoms with Gasteiger partial charge in [-0.15, -0.1) is 11.3 Å². The van der Waals surface area contributed by atoms with Crippen LogP contribution in [-0.2, 0) is 0 Å². The Kier molecular flexibility index (Phi) is 3.09. The number of carboxylic acids is 1. The minimum Gasteiger partial charge on any atom is -0.477 e. The zero-order chi connectivity index (χ0) is 13.4. The number of nitrogen functional groups attached to an aromatic ring is 1. The summed E-state index contributed by atoms with van der Waals surface area (Å²) < 4.78 is 13.4. The SMILES string of the molecule is Cc1cc(F)cc(-c2sc(C(=O)O)c(N)c2C)c1. The Labute approximate surface area is 108 Å². The van der Waals surface area contributed by atoms with Gasteiger partial charge in [0.1, 0.15) is 10.7 Å². The van der Waals surface area contributed by atoms with Crippen LogP contribution in [0.25, 0.3) is 10.4 Å². The number of thiophene rings is 1. The van der Waals surface area contributed by atoms with Gasteiger partial charge in [-0.25, -0.2) is 9.18 Å². The van der Waals surface area contributed by atoms with E-state index in [0.29, 0.717) is 16.0 Å². The van der Waals surface area contributed by atoms with Crippen molar-refractivity contribution in [2.75, 3.05) is 5.73 Å². The maximum Gasteiger partial charge on any atom is 0.348 e. The fourth-order valence-electron chi connectivity index (χ4n) is 1.83. The first kappa shape index (κ1) is 12.6. The molecule has 2 aromatic rings. The van der Waals surface area contributed by atoms with Gasteiger partial charge in [-0.1, -0.05) is 6.07 Å². The van der Waals surface area contributed by atoms with Gasteiger partial charge >= 0.3 is 5.97 Å².